The molecular formula is C16H24BrNS2. The summed E-state index contributed by atoms with van der Waals surface area (Å²) < 4.78 is 1.18. The summed E-state index contributed by atoms with van der Waals surface area (Å²) in [5, 5.41) is 5.27. The van der Waals surface area contributed by atoms with Crippen LogP contribution in [0.2, 0.25) is 0 Å². The first kappa shape index (κ1) is 16.7. The van der Waals surface area contributed by atoms with Gasteiger partial charge in [-0.2, -0.15) is 23.5 Å². The Kier molecular flexibility index (Phi) is 7.29. The molecule has 0 amide bonds. The molecule has 3 atom stereocenters. The Bertz CT molecular complexity index is 413. The van der Waals surface area contributed by atoms with Crippen LogP contribution in [0, 0.1) is 0 Å². The van der Waals surface area contributed by atoms with Gasteiger partial charge in [0, 0.05) is 32.5 Å². The quantitative estimate of drug-likeness (QED) is 0.782. The molecule has 1 saturated heterocycles. The molecule has 0 spiro atoms. The highest BCUT2D eigenvalue weighted by molar-refractivity contribution is 9.10. The van der Waals surface area contributed by atoms with Gasteiger partial charge in [-0.15, -0.1) is 0 Å². The van der Waals surface area contributed by atoms with Crippen molar-refractivity contribution in [2.45, 2.75) is 43.2 Å². The Morgan fingerprint density at radius 1 is 1.30 bits per heavy atom. The van der Waals surface area contributed by atoms with Crippen LogP contribution >= 0.6 is 39.5 Å². The molecule has 0 aromatic heterocycles. The molecule has 112 valence electrons. The van der Waals surface area contributed by atoms with E-state index >= 15 is 0 Å². The molecule has 0 aliphatic carbocycles. The van der Waals surface area contributed by atoms with Crippen molar-refractivity contribution in [3.05, 3.63) is 34.3 Å². The molecule has 1 aromatic rings. The number of hydrogen-bond acceptors (Lipinski definition) is 3. The average molecular weight is 374 g/mol. The highest BCUT2D eigenvalue weighted by Gasteiger charge is 2.31. The van der Waals surface area contributed by atoms with Crippen molar-refractivity contribution in [1.82, 2.24) is 5.32 Å². The standard InChI is InChI=1S/C16H24BrNS2/c1-3-15-16(20-9-8-19-15)14(18-4-2)11-12-6-5-7-13(17)10-12/h5-7,10,14-16,18H,3-4,8-9,11H2,1-2H3. The number of hydrogen-bond donors (Lipinski definition) is 1. The minimum atomic E-state index is 0.581. The van der Waals surface area contributed by atoms with Crippen molar-refractivity contribution in [2.75, 3.05) is 18.1 Å². The predicted molar refractivity (Wildman–Crippen MR) is 98.1 cm³/mol. The van der Waals surface area contributed by atoms with Crippen LogP contribution in [-0.4, -0.2) is 34.6 Å². The van der Waals surface area contributed by atoms with Gasteiger partial charge >= 0.3 is 0 Å². The van der Waals surface area contributed by atoms with Crippen LogP contribution < -0.4 is 5.32 Å². The highest BCUT2D eigenvalue weighted by Crippen LogP contribution is 2.36. The number of likely N-dealkylation sites (N-methyl/N-ethyl adjacent to an activating group) is 1. The maximum atomic E-state index is 3.74. The van der Waals surface area contributed by atoms with Crippen molar-refractivity contribution in [2.24, 2.45) is 0 Å². The number of nitrogens with one attached hydrogen (secondary N) is 1. The summed E-state index contributed by atoms with van der Waals surface area (Å²) in [6.07, 6.45) is 2.41. The zero-order chi connectivity index (χ0) is 14.4. The van der Waals surface area contributed by atoms with Crippen molar-refractivity contribution in [1.29, 1.82) is 0 Å². The summed E-state index contributed by atoms with van der Waals surface area (Å²) in [6, 6.07) is 9.33. The first-order valence-electron chi connectivity index (χ1n) is 7.45. The highest BCUT2D eigenvalue weighted by atomic mass is 79.9. The van der Waals surface area contributed by atoms with Gasteiger partial charge in [-0.25, -0.2) is 0 Å². The first-order valence-corrected chi connectivity index (χ1v) is 10.3. The first-order chi connectivity index (χ1) is 9.74. The Balaban J connectivity index is 2.09. The molecule has 0 radical (unpaired) electrons. The fourth-order valence-electron chi connectivity index (χ4n) is 2.80. The lowest BCUT2D eigenvalue weighted by Gasteiger charge is -2.36. The van der Waals surface area contributed by atoms with Crippen LogP contribution in [0.5, 0.6) is 0 Å². The second-order valence-corrected chi connectivity index (χ2v) is 8.70. The number of halogens is 1. The molecule has 1 heterocycles. The van der Waals surface area contributed by atoms with E-state index in [4.69, 9.17) is 0 Å². The largest absolute Gasteiger partial charge is 0.313 e. The van der Waals surface area contributed by atoms with E-state index in [-0.39, 0.29) is 0 Å². The minimum Gasteiger partial charge on any atom is -0.313 e. The van der Waals surface area contributed by atoms with Gasteiger partial charge in [0.05, 0.1) is 0 Å². The van der Waals surface area contributed by atoms with E-state index in [0.717, 1.165) is 23.5 Å². The molecular weight excluding hydrogens is 350 g/mol. The summed E-state index contributed by atoms with van der Waals surface area (Å²) in [7, 11) is 0. The van der Waals surface area contributed by atoms with Crippen LogP contribution in [0.4, 0.5) is 0 Å². The molecule has 0 saturated carbocycles. The molecule has 0 bridgehead atoms. The lowest BCUT2D eigenvalue weighted by Crippen LogP contribution is -2.46. The van der Waals surface area contributed by atoms with Crippen molar-refractivity contribution in [3.8, 4) is 0 Å². The fourth-order valence-corrected chi connectivity index (χ4v) is 6.51. The van der Waals surface area contributed by atoms with Crippen molar-refractivity contribution >= 4 is 39.5 Å². The lowest BCUT2D eigenvalue weighted by atomic mass is 10.00. The molecule has 3 unspecified atom stereocenters. The monoisotopic (exact) mass is 373 g/mol. The average Bonchev–Trinajstić information content (AvgIpc) is 2.47. The molecule has 1 aromatic carbocycles. The molecule has 1 aliphatic rings. The van der Waals surface area contributed by atoms with E-state index in [1.807, 2.05) is 0 Å². The van der Waals surface area contributed by atoms with Crippen LogP contribution in [-0.2, 0) is 6.42 Å². The zero-order valence-electron chi connectivity index (χ0n) is 12.3. The molecule has 4 heteroatoms. The number of rotatable bonds is 6. The summed E-state index contributed by atoms with van der Waals surface area (Å²) >= 11 is 7.92. The molecule has 1 N–H and O–H groups in total. The van der Waals surface area contributed by atoms with E-state index < -0.39 is 0 Å². The van der Waals surface area contributed by atoms with E-state index in [1.165, 1.54) is 28.0 Å². The third-order valence-corrected chi connectivity index (χ3v) is 7.60. The summed E-state index contributed by atoms with van der Waals surface area (Å²) in [5.41, 5.74) is 1.43. The SMILES string of the molecule is CCNC(Cc1cccc(Br)c1)C1SCCSC1CC. The summed E-state index contributed by atoms with van der Waals surface area (Å²) in [5.74, 6) is 2.61. The number of thioether (sulfide) groups is 2. The molecule has 2 rings (SSSR count). The van der Waals surface area contributed by atoms with Gasteiger partial charge in [0.15, 0.2) is 0 Å². The van der Waals surface area contributed by atoms with Gasteiger partial charge in [-0.05, 0) is 37.1 Å². The predicted octanol–water partition coefficient (Wildman–Crippen LogP) is 4.60. The maximum absolute atomic E-state index is 3.74. The second-order valence-electron chi connectivity index (χ2n) is 5.15. The van der Waals surface area contributed by atoms with Gasteiger partial charge in [-0.1, -0.05) is 41.9 Å². The van der Waals surface area contributed by atoms with Crippen LogP contribution in [0.25, 0.3) is 0 Å². The smallest absolute Gasteiger partial charge is 0.0323 e. The van der Waals surface area contributed by atoms with Gasteiger partial charge in [0.1, 0.15) is 0 Å². The summed E-state index contributed by atoms with van der Waals surface area (Å²) in [6.45, 7) is 5.60. The van der Waals surface area contributed by atoms with E-state index in [2.05, 4.69) is 82.9 Å². The lowest BCUT2D eigenvalue weighted by molar-refractivity contribution is 0.490. The van der Waals surface area contributed by atoms with Crippen LogP contribution in [0.15, 0.2) is 28.7 Å². The van der Waals surface area contributed by atoms with Gasteiger partial charge < -0.3 is 5.32 Å². The van der Waals surface area contributed by atoms with Crippen LogP contribution in [0.3, 0.4) is 0 Å². The number of benzene rings is 1. The topological polar surface area (TPSA) is 12.0 Å². The van der Waals surface area contributed by atoms with Gasteiger partial charge in [-0.3, -0.25) is 0 Å². The second kappa shape index (κ2) is 8.72. The molecule has 20 heavy (non-hydrogen) atoms. The Morgan fingerprint density at radius 2 is 2.10 bits per heavy atom. The summed E-state index contributed by atoms with van der Waals surface area (Å²) in [4.78, 5) is 0. The Labute approximate surface area is 140 Å². The normalized spacial score (nSPS) is 24.6. The van der Waals surface area contributed by atoms with Gasteiger partial charge in [0.2, 0.25) is 0 Å². The van der Waals surface area contributed by atoms with Crippen LogP contribution in [0.1, 0.15) is 25.8 Å². The van der Waals surface area contributed by atoms with E-state index in [1.54, 1.807) is 0 Å². The third kappa shape index (κ3) is 4.69. The van der Waals surface area contributed by atoms with E-state index in [9.17, 15) is 0 Å². The molecule has 1 aliphatic heterocycles. The van der Waals surface area contributed by atoms with Crippen molar-refractivity contribution < 1.29 is 0 Å². The minimum absolute atomic E-state index is 0.581. The molecule has 1 fully saturated rings. The van der Waals surface area contributed by atoms with E-state index in [0.29, 0.717) is 6.04 Å². The zero-order valence-corrected chi connectivity index (χ0v) is 15.5. The third-order valence-electron chi connectivity index (χ3n) is 3.70. The molecule has 1 nitrogen and oxygen atoms in total. The maximum Gasteiger partial charge on any atom is 0.0323 e. The Hall–Kier alpha value is 0.360. The Morgan fingerprint density at radius 3 is 2.80 bits per heavy atom. The fraction of sp³-hybridized carbons (Fsp3) is 0.625. The van der Waals surface area contributed by atoms with Gasteiger partial charge in [0.25, 0.3) is 0 Å². The van der Waals surface area contributed by atoms with Crippen molar-refractivity contribution in [3.63, 3.8) is 0 Å².